The van der Waals surface area contributed by atoms with Crippen LogP contribution >= 0.6 is 0 Å². The zero-order valence-corrected chi connectivity index (χ0v) is 11.6. The van der Waals surface area contributed by atoms with Crippen LogP contribution < -0.4 is 4.74 Å². The summed E-state index contributed by atoms with van der Waals surface area (Å²) in [6.07, 6.45) is 8.51. The Balaban J connectivity index is 2.19. The van der Waals surface area contributed by atoms with Gasteiger partial charge in [-0.1, -0.05) is 39.0 Å². The Morgan fingerprint density at radius 2 is 1.83 bits per heavy atom. The maximum absolute atomic E-state index is 10.7. The molecule has 0 spiro atoms. The second kappa shape index (κ2) is 8.73. The van der Waals surface area contributed by atoms with Gasteiger partial charge >= 0.3 is 0 Å². The molecular formula is C16H24O2. The van der Waals surface area contributed by atoms with Crippen molar-refractivity contribution in [1.82, 2.24) is 0 Å². The van der Waals surface area contributed by atoms with E-state index in [4.69, 9.17) is 4.74 Å². The molecule has 2 heteroatoms. The Hall–Kier alpha value is -1.31. The second-order valence-corrected chi connectivity index (χ2v) is 4.75. The Morgan fingerprint density at radius 1 is 1.11 bits per heavy atom. The fourth-order valence-corrected chi connectivity index (χ4v) is 1.94. The molecule has 2 nitrogen and oxygen atoms in total. The van der Waals surface area contributed by atoms with Gasteiger partial charge in [-0.2, -0.15) is 0 Å². The molecule has 0 heterocycles. The number of benzene rings is 1. The summed E-state index contributed by atoms with van der Waals surface area (Å²) in [6.45, 7) is 4.93. The first-order chi connectivity index (χ1) is 8.77. The van der Waals surface area contributed by atoms with Crippen molar-refractivity contribution in [2.75, 3.05) is 6.61 Å². The molecule has 100 valence electrons. The fourth-order valence-electron chi connectivity index (χ4n) is 1.94. The van der Waals surface area contributed by atoms with E-state index >= 15 is 0 Å². The number of aryl methyl sites for hydroxylation is 1. The first kappa shape index (κ1) is 14.7. The highest BCUT2D eigenvalue weighted by Crippen LogP contribution is 2.16. The summed E-state index contributed by atoms with van der Waals surface area (Å²) in [4.78, 5) is 10.7. The molecule has 0 saturated heterocycles. The van der Waals surface area contributed by atoms with E-state index in [-0.39, 0.29) is 0 Å². The van der Waals surface area contributed by atoms with Crippen molar-refractivity contribution in [3.8, 4) is 5.75 Å². The molecule has 0 unspecified atom stereocenters. The van der Waals surface area contributed by atoms with Gasteiger partial charge in [-0.05, 0) is 37.1 Å². The first-order valence-electron chi connectivity index (χ1n) is 6.96. The highest BCUT2D eigenvalue weighted by atomic mass is 16.5. The van der Waals surface area contributed by atoms with Crippen molar-refractivity contribution < 1.29 is 9.53 Å². The van der Waals surface area contributed by atoms with E-state index in [0.29, 0.717) is 0 Å². The molecule has 0 radical (unpaired) electrons. The third-order valence-corrected chi connectivity index (χ3v) is 3.13. The summed E-state index contributed by atoms with van der Waals surface area (Å²) in [5.74, 6) is 0.867. The largest absolute Gasteiger partial charge is 0.494 e. The van der Waals surface area contributed by atoms with Gasteiger partial charge in [0.15, 0.2) is 0 Å². The minimum atomic E-state index is 0.738. The molecule has 0 amide bonds. The molecule has 0 atom stereocenters. The van der Waals surface area contributed by atoms with Gasteiger partial charge in [-0.25, -0.2) is 0 Å². The van der Waals surface area contributed by atoms with Crippen LogP contribution in [0.1, 0.15) is 61.4 Å². The molecule has 18 heavy (non-hydrogen) atoms. The molecule has 0 aliphatic rings. The zero-order chi connectivity index (χ0) is 13.2. The van der Waals surface area contributed by atoms with Crippen LogP contribution in [-0.4, -0.2) is 12.9 Å². The third-order valence-electron chi connectivity index (χ3n) is 3.13. The maximum atomic E-state index is 10.7. The third kappa shape index (κ3) is 5.35. The molecule has 0 saturated carbocycles. The van der Waals surface area contributed by atoms with Crippen LogP contribution in [0.5, 0.6) is 5.75 Å². The predicted molar refractivity (Wildman–Crippen MR) is 75.4 cm³/mol. The average Bonchev–Trinajstić information content (AvgIpc) is 2.38. The highest BCUT2D eigenvalue weighted by Gasteiger charge is 1.99. The van der Waals surface area contributed by atoms with Crippen LogP contribution in [-0.2, 0) is 0 Å². The minimum Gasteiger partial charge on any atom is -0.494 e. The van der Waals surface area contributed by atoms with E-state index in [0.717, 1.165) is 36.2 Å². The van der Waals surface area contributed by atoms with Gasteiger partial charge in [0, 0.05) is 5.56 Å². The van der Waals surface area contributed by atoms with E-state index in [1.165, 1.54) is 32.1 Å². The number of carbonyl (C=O) groups excluding carboxylic acids is 1. The van der Waals surface area contributed by atoms with Crippen LogP contribution in [0.4, 0.5) is 0 Å². The lowest BCUT2D eigenvalue weighted by molar-refractivity contribution is 0.112. The van der Waals surface area contributed by atoms with Crippen LogP contribution in [0.25, 0.3) is 0 Å². The van der Waals surface area contributed by atoms with Gasteiger partial charge in [0.2, 0.25) is 0 Å². The normalized spacial score (nSPS) is 10.3. The minimum absolute atomic E-state index is 0.738. The Bertz CT molecular complexity index is 358. The topological polar surface area (TPSA) is 26.3 Å². The molecule has 0 aliphatic carbocycles. The van der Waals surface area contributed by atoms with Crippen LogP contribution in [0.2, 0.25) is 0 Å². The Labute approximate surface area is 110 Å². The van der Waals surface area contributed by atoms with E-state index < -0.39 is 0 Å². The van der Waals surface area contributed by atoms with E-state index in [1.54, 1.807) is 0 Å². The number of hydrogen-bond donors (Lipinski definition) is 0. The number of rotatable bonds is 9. The van der Waals surface area contributed by atoms with Crippen molar-refractivity contribution in [3.63, 3.8) is 0 Å². The van der Waals surface area contributed by atoms with Crippen molar-refractivity contribution in [1.29, 1.82) is 0 Å². The molecule has 0 fully saturated rings. The molecule has 0 aliphatic heterocycles. The lowest BCUT2D eigenvalue weighted by Gasteiger charge is -2.07. The number of hydrogen-bond acceptors (Lipinski definition) is 2. The summed E-state index contributed by atoms with van der Waals surface area (Å²) in [5, 5.41) is 0. The summed E-state index contributed by atoms with van der Waals surface area (Å²) in [6, 6.07) is 5.62. The fraction of sp³-hybridized carbons (Fsp3) is 0.562. The molecule has 1 aromatic carbocycles. The van der Waals surface area contributed by atoms with Gasteiger partial charge in [0.1, 0.15) is 12.0 Å². The quantitative estimate of drug-likeness (QED) is 0.473. The van der Waals surface area contributed by atoms with Gasteiger partial charge in [-0.15, -0.1) is 0 Å². The Morgan fingerprint density at radius 3 is 2.50 bits per heavy atom. The summed E-state index contributed by atoms with van der Waals surface area (Å²) < 4.78 is 5.68. The zero-order valence-electron chi connectivity index (χ0n) is 11.6. The summed E-state index contributed by atoms with van der Waals surface area (Å²) >= 11 is 0. The van der Waals surface area contributed by atoms with Gasteiger partial charge in [0.25, 0.3) is 0 Å². The lowest BCUT2D eigenvalue weighted by atomic mass is 10.1. The van der Waals surface area contributed by atoms with Crippen molar-refractivity contribution in [2.45, 2.75) is 52.4 Å². The van der Waals surface area contributed by atoms with Crippen LogP contribution in [0.3, 0.4) is 0 Å². The van der Waals surface area contributed by atoms with E-state index in [2.05, 4.69) is 6.92 Å². The molecule has 0 aromatic heterocycles. The SMILES string of the molecule is CCCCCCCCOc1ccc(C=O)c(C)c1. The second-order valence-electron chi connectivity index (χ2n) is 4.75. The van der Waals surface area contributed by atoms with Crippen molar-refractivity contribution in [2.24, 2.45) is 0 Å². The van der Waals surface area contributed by atoms with Gasteiger partial charge in [0.05, 0.1) is 6.61 Å². The van der Waals surface area contributed by atoms with Crippen LogP contribution in [0, 0.1) is 6.92 Å². The lowest BCUT2D eigenvalue weighted by Crippen LogP contribution is -1.98. The van der Waals surface area contributed by atoms with E-state index in [9.17, 15) is 4.79 Å². The van der Waals surface area contributed by atoms with Gasteiger partial charge < -0.3 is 4.74 Å². The van der Waals surface area contributed by atoms with Gasteiger partial charge in [-0.3, -0.25) is 4.79 Å². The standard InChI is InChI=1S/C16H24O2/c1-3-4-5-6-7-8-11-18-16-10-9-15(13-17)14(2)12-16/h9-10,12-13H,3-8,11H2,1-2H3. The summed E-state index contributed by atoms with van der Waals surface area (Å²) in [5.41, 5.74) is 1.72. The molecular weight excluding hydrogens is 224 g/mol. The highest BCUT2D eigenvalue weighted by molar-refractivity contribution is 5.77. The number of unbranched alkanes of at least 4 members (excludes halogenated alkanes) is 5. The van der Waals surface area contributed by atoms with Crippen LogP contribution in [0.15, 0.2) is 18.2 Å². The molecule has 1 rings (SSSR count). The molecule has 0 N–H and O–H groups in total. The molecule has 1 aromatic rings. The predicted octanol–water partition coefficient (Wildman–Crippen LogP) is 4.55. The van der Waals surface area contributed by atoms with E-state index in [1.807, 2.05) is 25.1 Å². The smallest absolute Gasteiger partial charge is 0.150 e. The van der Waals surface area contributed by atoms with Crippen molar-refractivity contribution >= 4 is 6.29 Å². The van der Waals surface area contributed by atoms with Crippen molar-refractivity contribution in [3.05, 3.63) is 29.3 Å². The monoisotopic (exact) mass is 248 g/mol. The number of carbonyl (C=O) groups is 1. The average molecular weight is 248 g/mol. The number of aldehydes is 1. The maximum Gasteiger partial charge on any atom is 0.150 e. The Kier molecular flexibility index (Phi) is 7.16. The number of ether oxygens (including phenoxy) is 1. The molecule has 0 bridgehead atoms. The summed E-state index contributed by atoms with van der Waals surface area (Å²) in [7, 11) is 0. The first-order valence-corrected chi connectivity index (χ1v) is 6.96.